The number of amides is 1. The van der Waals surface area contributed by atoms with Crippen molar-refractivity contribution in [3.8, 4) is 0 Å². The molecule has 0 heterocycles. The van der Waals surface area contributed by atoms with E-state index in [1.54, 1.807) is 0 Å². The van der Waals surface area contributed by atoms with Gasteiger partial charge in [0, 0.05) is 0 Å². The molecule has 0 radical (unpaired) electrons. The van der Waals surface area contributed by atoms with Crippen molar-refractivity contribution in [1.29, 1.82) is 0 Å². The van der Waals surface area contributed by atoms with Crippen molar-refractivity contribution >= 4 is 46.9 Å². The number of nitrogens with one attached hydrogen (secondary N) is 1. The quantitative estimate of drug-likeness (QED) is 0.670. The summed E-state index contributed by atoms with van der Waals surface area (Å²) >= 11 is 15.9. The predicted octanol–water partition coefficient (Wildman–Crippen LogP) is 0.917. The molecular weight excluding hydrogens is 284 g/mol. The van der Waals surface area contributed by atoms with Gasteiger partial charge < -0.3 is 20.3 Å². The number of halogens is 3. The normalized spacial score (nSPS) is 15.1. The highest BCUT2D eigenvalue weighted by Crippen LogP contribution is 2.25. The van der Waals surface area contributed by atoms with Crippen LogP contribution in [0.4, 0.5) is 4.79 Å². The summed E-state index contributed by atoms with van der Waals surface area (Å²) < 4.78 is 2.64. The van der Waals surface area contributed by atoms with Gasteiger partial charge >= 0.3 is 12.1 Å². The van der Waals surface area contributed by atoms with Crippen LogP contribution in [0.1, 0.15) is 6.92 Å². The molecule has 2 unspecified atom stereocenters. The largest absolute Gasteiger partial charge is 0.480 e. The molecule has 3 N–H and O–H groups in total. The Morgan fingerprint density at radius 3 is 2.25 bits per heavy atom. The number of aliphatic hydroxyl groups excluding tert-OH is 1. The summed E-state index contributed by atoms with van der Waals surface area (Å²) in [6, 6.07) is -1.48. The van der Waals surface area contributed by atoms with Crippen LogP contribution >= 0.6 is 34.8 Å². The van der Waals surface area contributed by atoms with Crippen molar-refractivity contribution < 1.29 is 24.5 Å². The van der Waals surface area contributed by atoms with Crippen LogP contribution in [0.15, 0.2) is 0 Å². The van der Waals surface area contributed by atoms with Crippen LogP contribution in [0.25, 0.3) is 0 Å². The number of carboxylic acid groups (broad SMARTS) is 1. The van der Waals surface area contributed by atoms with Crippen molar-refractivity contribution in [2.45, 2.75) is 22.9 Å². The number of aliphatic carboxylic acids is 1. The Hall–Kier alpha value is -0.430. The molecule has 0 aromatic carbocycles. The third-order valence-corrected chi connectivity index (χ3v) is 1.72. The molecule has 1 amide bonds. The predicted molar refractivity (Wildman–Crippen MR) is 57.9 cm³/mol. The summed E-state index contributed by atoms with van der Waals surface area (Å²) in [7, 11) is 0. The van der Waals surface area contributed by atoms with E-state index in [1.165, 1.54) is 6.92 Å². The van der Waals surface area contributed by atoms with E-state index in [0.717, 1.165) is 0 Å². The SMILES string of the molecule is CC(O)C(NC(=O)OCC(Cl)(Cl)Cl)C(=O)O. The van der Waals surface area contributed by atoms with Crippen LogP contribution in [0.2, 0.25) is 0 Å². The number of carbonyl (C=O) groups excluding carboxylic acids is 1. The lowest BCUT2D eigenvalue weighted by Gasteiger charge is -2.18. The van der Waals surface area contributed by atoms with Crippen molar-refractivity contribution in [2.75, 3.05) is 6.61 Å². The molecular formula is C7H10Cl3NO5. The lowest BCUT2D eigenvalue weighted by atomic mass is 10.2. The Morgan fingerprint density at radius 2 is 1.94 bits per heavy atom. The number of aliphatic hydroxyl groups is 1. The average Bonchev–Trinajstić information content (AvgIpc) is 2.08. The van der Waals surface area contributed by atoms with Crippen LogP contribution in [0, 0.1) is 0 Å². The molecule has 0 aliphatic heterocycles. The molecule has 94 valence electrons. The maximum atomic E-state index is 11.0. The van der Waals surface area contributed by atoms with E-state index in [4.69, 9.17) is 45.0 Å². The molecule has 0 saturated carbocycles. The van der Waals surface area contributed by atoms with Gasteiger partial charge in [0.15, 0.2) is 6.04 Å². The zero-order valence-corrected chi connectivity index (χ0v) is 10.4. The van der Waals surface area contributed by atoms with E-state index in [2.05, 4.69) is 4.74 Å². The first-order valence-electron chi connectivity index (χ1n) is 4.04. The van der Waals surface area contributed by atoms with E-state index in [-0.39, 0.29) is 0 Å². The van der Waals surface area contributed by atoms with Crippen molar-refractivity contribution in [3.63, 3.8) is 0 Å². The molecule has 9 heteroatoms. The fourth-order valence-corrected chi connectivity index (χ4v) is 0.868. The molecule has 0 aliphatic carbocycles. The Balaban J connectivity index is 4.17. The van der Waals surface area contributed by atoms with Gasteiger partial charge in [-0.3, -0.25) is 0 Å². The first-order valence-corrected chi connectivity index (χ1v) is 5.18. The summed E-state index contributed by atoms with van der Waals surface area (Å²) in [5.74, 6) is -1.40. The molecule has 0 fully saturated rings. The Bertz CT molecular complexity index is 265. The highest BCUT2D eigenvalue weighted by atomic mass is 35.6. The lowest BCUT2D eigenvalue weighted by Crippen LogP contribution is -2.48. The van der Waals surface area contributed by atoms with Crippen LogP contribution in [-0.4, -0.2) is 44.8 Å². The van der Waals surface area contributed by atoms with Crippen molar-refractivity contribution in [1.82, 2.24) is 5.32 Å². The summed E-state index contributed by atoms with van der Waals surface area (Å²) in [5.41, 5.74) is 0. The summed E-state index contributed by atoms with van der Waals surface area (Å²) in [6.07, 6.45) is -2.38. The minimum Gasteiger partial charge on any atom is -0.480 e. The van der Waals surface area contributed by atoms with E-state index in [1.807, 2.05) is 5.32 Å². The van der Waals surface area contributed by atoms with E-state index in [9.17, 15) is 9.59 Å². The summed E-state index contributed by atoms with van der Waals surface area (Å²) in [4.78, 5) is 21.6. The molecule has 0 aromatic heterocycles. The number of carbonyl (C=O) groups is 2. The van der Waals surface area contributed by atoms with Crippen LogP contribution < -0.4 is 5.32 Å². The second kappa shape index (κ2) is 6.34. The fourth-order valence-electron chi connectivity index (χ4n) is 0.705. The standard InChI is InChI=1S/C7H10Cl3NO5/c1-3(12)4(5(13)14)11-6(15)16-2-7(8,9)10/h3-4,12H,2H2,1H3,(H,11,15)(H,13,14). The number of ether oxygens (including phenoxy) is 1. The minimum atomic E-state index is -1.78. The molecule has 0 aromatic rings. The highest BCUT2D eigenvalue weighted by molar-refractivity contribution is 6.67. The molecule has 0 spiro atoms. The zero-order valence-electron chi connectivity index (χ0n) is 8.11. The van der Waals surface area contributed by atoms with Gasteiger partial charge in [-0.25, -0.2) is 9.59 Å². The van der Waals surface area contributed by atoms with Gasteiger partial charge in [0.2, 0.25) is 3.79 Å². The second-order valence-electron chi connectivity index (χ2n) is 2.89. The van der Waals surface area contributed by atoms with Gasteiger partial charge in [-0.2, -0.15) is 0 Å². The maximum absolute atomic E-state index is 11.0. The van der Waals surface area contributed by atoms with Crippen LogP contribution in [-0.2, 0) is 9.53 Å². The first-order chi connectivity index (χ1) is 7.13. The van der Waals surface area contributed by atoms with E-state index in [0.29, 0.717) is 0 Å². The second-order valence-corrected chi connectivity index (χ2v) is 5.41. The summed E-state index contributed by atoms with van der Waals surface area (Å²) in [6.45, 7) is 0.670. The lowest BCUT2D eigenvalue weighted by molar-refractivity contribution is -0.142. The van der Waals surface area contributed by atoms with Crippen LogP contribution in [0.3, 0.4) is 0 Å². The number of alkyl halides is 3. The molecule has 0 rings (SSSR count). The van der Waals surface area contributed by atoms with Gasteiger partial charge in [0.05, 0.1) is 6.10 Å². The molecule has 16 heavy (non-hydrogen) atoms. The Labute approximate surface area is 106 Å². The molecule has 0 saturated heterocycles. The molecule has 6 nitrogen and oxygen atoms in total. The van der Waals surface area contributed by atoms with Gasteiger partial charge in [0.1, 0.15) is 6.61 Å². The van der Waals surface area contributed by atoms with Gasteiger partial charge in [0.25, 0.3) is 0 Å². The molecule has 0 bridgehead atoms. The topological polar surface area (TPSA) is 95.9 Å². The van der Waals surface area contributed by atoms with Gasteiger partial charge in [-0.05, 0) is 6.92 Å². The fraction of sp³-hybridized carbons (Fsp3) is 0.714. The van der Waals surface area contributed by atoms with E-state index >= 15 is 0 Å². The molecule has 0 aliphatic rings. The van der Waals surface area contributed by atoms with Crippen molar-refractivity contribution in [2.24, 2.45) is 0 Å². The summed E-state index contributed by atoms with van der Waals surface area (Å²) in [5, 5.41) is 19.5. The minimum absolute atomic E-state index is 0.532. The highest BCUT2D eigenvalue weighted by Gasteiger charge is 2.27. The zero-order chi connectivity index (χ0) is 12.9. The number of carboxylic acids is 1. The average molecular weight is 295 g/mol. The van der Waals surface area contributed by atoms with Gasteiger partial charge in [-0.15, -0.1) is 0 Å². The number of alkyl carbamates (subject to hydrolysis) is 1. The number of hydrogen-bond donors (Lipinski definition) is 3. The van der Waals surface area contributed by atoms with Crippen LogP contribution in [0.5, 0.6) is 0 Å². The Kier molecular flexibility index (Phi) is 6.17. The third kappa shape index (κ3) is 6.95. The monoisotopic (exact) mass is 293 g/mol. The van der Waals surface area contributed by atoms with Crippen molar-refractivity contribution in [3.05, 3.63) is 0 Å². The number of hydrogen-bond acceptors (Lipinski definition) is 4. The first kappa shape index (κ1) is 15.6. The number of rotatable bonds is 4. The Morgan fingerprint density at radius 1 is 1.44 bits per heavy atom. The molecule has 2 atom stereocenters. The third-order valence-electron chi connectivity index (χ3n) is 1.39. The van der Waals surface area contributed by atoms with E-state index < -0.39 is 34.6 Å². The maximum Gasteiger partial charge on any atom is 0.408 e. The smallest absolute Gasteiger partial charge is 0.408 e. The van der Waals surface area contributed by atoms with Gasteiger partial charge in [-0.1, -0.05) is 34.8 Å².